The van der Waals surface area contributed by atoms with Crippen LogP contribution in [-0.4, -0.2) is 60.9 Å². The average Bonchev–Trinajstić information content (AvgIpc) is 3.21. The highest BCUT2D eigenvalue weighted by atomic mass is 16.5. The van der Waals surface area contributed by atoms with Crippen molar-refractivity contribution in [3.63, 3.8) is 0 Å². The number of nitrogens with one attached hydrogen (secondary N) is 1. The summed E-state index contributed by atoms with van der Waals surface area (Å²) in [6, 6.07) is 18.4. The van der Waals surface area contributed by atoms with Crippen LogP contribution in [0, 0.1) is 13.8 Å². The van der Waals surface area contributed by atoms with Crippen molar-refractivity contribution in [2.24, 2.45) is 0 Å². The highest BCUT2D eigenvalue weighted by Crippen LogP contribution is 2.33. The topological polar surface area (TPSA) is 77.3 Å². The van der Waals surface area contributed by atoms with Gasteiger partial charge < -0.3 is 19.7 Å². The van der Waals surface area contributed by atoms with E-state index < -0.39 is 0 Å². The Bertz CT molecular complexity index is 1260. The van der Waals surface area contributed by atoms with Crippen LogP contribution in [0.4, 0.5) is 5.82 Å². The van der Waals surface area contributed by atoms with Crippen molar-refractivity contribution < 1.29 is 9.47 Å². The molecule has 0 saturated heterocycles. The zero-order chi connectivity index (χ0) is 24.8. The number of hydrogen-bond acceptors (Lipinski definition) is 7. The maximum Gasteiger partial charge on any atom is 0.179 e. The molecule has 0 fully saturated rings. The van der Waals surface area contributed by atoms with E-state index in [0.29, 0.717) is 6.61 Å². The lowest BCUT2D eigenvalue weighted by Crippen LogP contribution is -2.23. The van der Waals surface area contributed by atoms with E-state index in [2.05, 4.69) is 34.6 Å². The number of methoxy groups -OCH3 is 1. The quantitative estimate of drug-likeness (QED) is 0.326. The first-order valence-corrected chi connectivity index (χ1v) is 11.9. The molecule has 0 aliphatic carbocycles. The number of hydrogen-bond donors (Lipinski definition) is 1. The first-order valence-electron chi connectivity index (χ1n) is 11.9. The lowest BCUT2D eigenvalue weighted by molar-refractivity contribution is 0.182. The van der Waals surface area contributed by atoms with Crippen LogP contribution in [0.5, 0.6) is 5.75 Å². The minimum absolute atomic E-state index is 0.111. The van der Waals surface area contributed by atoms with Crippen LogP contribution in [0.15, 0.2) is 54.6 Å². The SMILES string of the molecule is COCCNCCC(Oc1ccccc1-n1nc2c(N(C)C)nnc(C)c2c1C)c1ccccc1. The Balaban J connectivity index is 1.70. The molecule has 0 saturated carbocycles. The molecule has 1 atom stereocenters. The fourth-order valence-corrected chi connectivity index (χ4v) is 4.23. The van der Waals surface area contributed by atoms with E-state index in [0.717, 1.165) is 64.6 Å². The fraction of sp³-hybridized carbons (Fsp3) is 0.370. The van der Waals surface area contributed by atoms with Crippen LogP contribution in [0.3, 0.4) is 0 Å². The summed E-state index contributed by atoms with van der Waals surface area (Å²) < 4.78 is 13.8. The lowest BCUT2D eigenvalue weighted by Gasteiger charge is -2.22. The van der Waals surface area contributed by atoms with E-state index in [1.54, 1.807) is 7.11 Å². The smallest absolute Gasteiger partial charge is 0.179 e. The van der Waals surface area contributed by atoms with E-state index in [-0.39, 0.29) is 6.10 Å². The van der Waals surface area contributed by atoms with Gasteiger partial charge >= 0.3 is 0 Å². The van der Waals surface area contributed by atoms with Gasteiger partial charge in [0.05, 0.1) is 23.4 Å². The molecule has 1 unspecified atom stereocenters. The highest BCUT2D eigenvalue weighted by Gasteiger charge is 2.21. The number of para-hydroxylation sites is 2. The molecule has 184 valence electrons. The molecule has 8 heteroatoms. The second kappa shape index (κ2) is 11.3. The summed E-state index contributed by atoms with van der Waals surface area (Å²) in [5.74, 6) is 1.52. The minimum atomic E-state index is -0.111. The molecule has 4 aromatic rings. The van der Waals surface area contributed by atoms with Crippen molar-refractivity contribution in [3.05, 3.63) is 71.5 Å². The first-order chi connectivity index (χ1) is 17.0. The predicted molar refractivity (Wildman–Crippen MR) is 140 cm³/mol. The van der Waals surface area contributed by atoms with Crippen molar-refractivity contribution >= 4 is 16.7 Å². The third-order valence-electron chi connectivity index (χ3n) is 6.01. The standard InChI is InChI=1S/C27H34N6O2/c1-19-25-20(2)33(31-26(25)27(30-29-19)32(3)4)22-13-9-10-14-24(22)35-23(15-16-28-17-18-34-5)21-11-7-6-8-12-21/h6-14,23,28H,15-18H2,1-5H3. The molecular weight excluding hydrogens is 440 g/mol. The molecule has 8 nitrogen and oxygen atoms in total. The number of benzene rings is 2. The molecular formula is C27H34N6O2. The van der Waals surface area contributed by atoms with Crippen LogP contribution in [0.1, 0.15) is 29.5 Å². The minimum Gasteiger partial charge on any atom is -0.483 e. The lowest BCUT2D eigenvalue weighted by atomic mass is 10.1. The maximum absolute atomic E-state index is 6.68. The molecule has 2 aromatic heterocycles. The number of aryl methyl sites for hydroxylation is 2. The molecule has 0 spiro atoms. The van der Waals surface area contributed by atoms with Crippen LogP contribution in [0.2, 0.25) is 0 Å². The van der Waals surface area contributed by atoms with Crippen LogP contribution >= 0.6 is 0 Å². The zero-order valence-corrected chi connectivity index (χ0v) is 21.2. The van der Waals surface area contributed by atoms with Crippen LogP contribution in [0.25, 0.3) is 16.6 Å². The Morgan fingerprint density at radius 3 is 2.46 bits per heavy atom. The normalized spacial score (nSPS) is 12.1. The summed E-state index contributed by atoms with van der Waals surface area (Å²) in [5, 5.41) is 18.2. The molecule has 0 amide bonds. The highest BCUT2D eigenvalue weighted by molar-refractivity contribution is 5.92. The van der Waals surface area contributed by atoms with Gasteiger partial charge in [0.1, 0.15) is 23.1 Å². The summed E-state index contributed by atoms with van der Waals surface area (Å²) in [6.45, 7) is 6.35. The third kappa shape index (κ3) is 5.44. The van der Waals surface area contributed by atoms with Crippen LogP contribution < -0.4 is 15.0 Å². The molecule has 1 N–H and O–H groups in total. The second-order valence-corrected chi connectivity index (χ2v) is 8.74. The Morgan fingerprint density at radius 1 is 0.971 bits per heavy atom. The van der Waals surface area contributed by atoms with E-state index in [9.17, 15) is 0 Å². The van der Waals surface area contributed by atoms with Gasteiger partial charge in [-0.2, -0.15) is 10.2 Å². The number of fused-ring (bicyclic) bond motifs is 1. The van der Waals surface area contributed by atoms with Gasteiger partial charge in [-0.25, -0.2) is 4.68 Å². The number of ether oxygens (including phenoxy) is 2. The van der Waals surface area contributed by atoms with Crippen molar-refractivity contribution in [3.8, 4) is 11.4 Å². The molecule has 4 rings (SSSR count). The maximum atomic E-state index is 6.68. The van der Waals surface area contributed by atoms with E-state index in [4.69, 9.17) is 14.6 Å². The van der Waals surface area contributed by atoms with Crippen molar-refractivity contribution in [1.82, 2.24) is 25.3 Å². The summed E-state index contributed by atoms with van der Waals surface area (Å²) in [6.07, 6.45) is 0.708. The van der Waals surface area contributed by atoms with Crippen molar-refractivity contribution in [1.29, 1.82) is 0 Å². The number of nitrogens with zero attached hydrogens (tertiary/aromatic N) is 5. The molecule has 0 aliphatic rings. The number of rotatable bonds is 11. The van der Waals surface area contributed by atoms with Gasteiger partial charge in [0.25, 0.3) is 0 Å². The van der Waals surface area contributed by atoms with E-state index >= 15 is 0 Å². The zero-order valence-electron chi connectivity index (χ0n) is 21.2. The average molecular weight is 475 g/mol. The van der Waals surface area contributed by atoms with Gasteiger partial charge in [0.15, 0.2) is 5.82 Å². The number of aromatic nitrogens is 4. The van der Waals surface area contributed by atoms with Crippen molar-refractivity contribution in [2.75, 3.05) is 45.8 Å². The summed E-state index contributed by atoms with van der Waals surface area (Å²) in [5.41, 5.74) is 4.72. The molecule has 35 heavy (non-hydrogen) atoms. The third-order valence-corrected chi connectivity index (χ3v) is 6.01. The van der Waals surface area contributed by atoms with Gasteiger partial charge in [-0.1, -0.05) is 42.5 Å². The van der Waals surface area contributed by atoms with E-state index in [1.165, 1.54) is 0 Å². The molecule has 2 aromatic carbocycles. The summed E-state index contributed by atoms with van der Waals surface area (Å²) in [4.78, 5) is 1.94. The van der Waals surface area contributed by atoms with E-state index in [1.807, 2.05) is 73.1 Å². The molecule has 0 radical (unpaired) electrons. The van der Waals surface area contributed by atoms with Gasteiger partial charge in [-0.05, 0) is 38.1 Å². The Labute approximate surface area is 206 Å². The largest absolute Gasteiger partial charge is 0.483 e. The monoisotopic (exact) mass is 474 g/mol. The Kier molecular flexibility index (Phi) is 7.94. The first kappa shape index (κ1) is 24.6. The molecule has 2 heterocycles. The predicted octanol–water partition coefficient (Wildman–Crippen LogP) is 4.24. The van der Waals surface area contributed by atoms with Gasteiger partial charge in [-0.3, -0.25) is 0 Å². The summed E-state index contributed by atoms with van der Waals surface area (Å²) in [7, 11) is 5.62. The molecule has 0 aliphatic heterocycles. The summed E-state index contributed by atoms with van der Waals surface area (Å²) >= 11 is 0. The van der Waals surface area contributed by atoms with Crippen molar-refractivity contribution in [2.45, 2.75) is 26.4 Å². The molecule has 0 bridgehead atoms. The van der Waals surface area contributed by atoms with Crippen LogP contribution in [-0.2, 0) is 4.74 Å². The van der Waals surface area contributed by atoms with Gasteiger partial charge in [-0.15, -0.1) is 5.10 Å². The van der Waals surface area contributed by atoms with Gasteiger partial charge in [0.2, 0.25) is 0 Å². The second-order valence-electron chi connectivity index (χ2n) is 8.74. The van der Waals surface area contributed by atoms with Gasteiger partial charge in [0, 0.05) is 34.2 Å². The Morgan fingerprint density at radius 2 is 1.71 bits per heavy atom. The Hall–Kier alpha value is -3.49. The number of anilines is 1. The fourth-order valence-electron chi connectivity index (χ4n) is 4.23.